The second-order valence-electron chi connectivity index (χ2n) is 10.1. The van der Waals surface area contributed by atoms with Crippen molar-refractivity contribution < 1.29 is 24.8 Å². The lowest BCUT2D eigenvalue weighted by Gasteiger charge is -2.40. The molecule has 0 bridgehead atoms. The van der Waals surface area contributed by atoms with Crippen LogP contribution in [0.3, 0.4) is 0 Å². The van der Waals surface area contributed by atoms with Crippen LogP contribution in [0.2, 0.25) is 5.02 Å². The number of aliphatic hydroxyl groups is 2. The summed E-state index contributed by atoms with van der Waals surface area (Å²) < 4.78 is 56.7. The summed E-state index contributed by atoms with van der Waals surface area (Å²) in [6, 6.07) is 12.8. The minimum absolute atomic E-state index is 0.0288. The number of hydrogen-bond donors (Lipinski definition) is 2. The highest BCUT2D eigenvalue weighted by molar-refractivity contribution is 6.30. The zero-order valence-electron chi connectivity index (χ0n) is 24.3. The zero-order valence-corrected chi connectivity index (χ0v) is 21.1. The van der Waals surface area contributed by atoms with Crippen LogP contribution in [0.1, 0.15) is 65.8 Å². The molecule has 6 nitrogen and oxygen atoms in total. The molecule has 1 aliphatic carbocycles. The SMILES string of the molecule is [2H]C([2H])(O)C1(C([2H])([2H])O[C@]2(c3ccc(Cl)cc3)c3c(F)cc(C(C)(C)O)cc3CN2Cc2ccc(C)nn2)CC1. The first-order valence-electron chi connectivity index (χ1n) is 13.8. The molecule has 36 heavy (non-hydrogen) atoms. The van der Waals surface area contributed by atoms with Gasteiger partial charge in [-0.15, -0.1) is 0 Å². The third-order valence-electron chi connectivity index (χ3n) is 6.82. The van der Waals surface area contributed by atoms with Crippen molar-refractivity contribution >= 4 is 11.6 Å². The molecule has 2 aliphatic rings. The summed E-state index contributed by atoms with van der Waals surface area (Å²) in [6.07, 6.45) is 0.0766. The minimum atomic E-state index is -2.89. The van der Waals surface area contributed by atoms with Gasteiger partial charge in [-0.3, -0.25) is 4.90 Å². The van der Waals surface area contributed by atoms with Crippen LogP contribution in [0.5, 0.6) is 0 Å². The number of aryl methyl sites for hydroxylation is 1. The first-order valence-corrected chi connectivity index (χ1v) is 12.2. The molecule has 1 fully saturated rings. The molecular formula is C28H31ClFN3O3. The Morgan fingerprint density at radius 1 is 1.17 bits per heavy atom. The maximum atomic E-state index is 16.3. The molecule has 0 unspecified atom stereocenters. The highest BCUT2D eigenvalue weighted by atomic mass is 35.5. The highest BCUT2D eigenvalue weighted by Gasteiger charge is 2.53. The Morgan fingerprint density at radius 2 is 1.89 bits per heavy atom. The maximum absolute atomic E-state index is 16.3. The van der Waals surface area contributed by atoms with Crippen LogP contribution < -0.4 is 0 Å². The molecule has 2 aromatic carbocycles. The summed E-state index contributed by atoms with van der Waals surface area (Å²) in [5, 5.41) is 29.8. The van der Waals surface area contributed by atoms with E-state index in [0.29, 0.717) is 33.1 Å². The van der Waals surface area contributed by atoms with Gasteiger partial charge in [-0.2, -0.15) is 10.2 Å². The van der Waals surface area contributed by atoms with Gasteiger partial charge in [-0.05, 0) is 75.1 Å². The summed E-state index contributed by atoms with van der Waals surface area (Å²) in [5.41, 5.74) is -2.74. The number of rotatable bonds is 8. The van der Waals surface area contributed by atoms with Gasteiger partial charge in [-0.1, -0.05) is 29.8 Å². The Bertz CT molecular complexity index is 1420. The van der Waals surface area contributed by atoms with Crippen molar-refractivity contribution in [3.63, 3.8) is 0 Å². The molecule has 0 spiro atoms. The Balaban J connectivity index is 1.76. The maximum Gasteiger partial charge on any atom is 0.177 e. The molecule has 1 aliphatic heterocycles. The van der Waals surface area contributed by atoms with E-state index in [1.54, 1.807) is 68.1 Å². The molecule has 8 heteroatoms. The zero-order chi connectivity index (χ0) is 29.3. The van der Waals surface area contributed by atoms with Gasteiger partial charge in [0.15, 0.2) is 5.72 Å². The summed E-state index contributed by atoms with van der Waals surface area (Å²) in [4.78, 5) is 1.71. The predicted molar refractivity (Wildman–Crippen MR) is 135 cm³/mol. The van der Waals surface area contributed by atoms with E-state index in [2.05, 4.69) is 10.2 Å². The largest absolute Gasteiger partial charge is 0.396 e. The summed E-state index contributed by atoms with van der Waals surface area (Å²) >= 11 is 6.19. The quantitative estimate of drug-likeness (QED) is 0.448. The van der Waals surface area contributed by atoms with E-state index in [1.165, 1.54) is 6.07 Å². The van der Waals surface area contributed by atoms with Gasteiger partial charge in [0.25, 0.3) is 0 Å². The van der Waals surface area contributed by atoms with Crippen molar-refractivity contribution in [1.29, 1.82) is 0 Å². The van der Waals surface area contributed by atoms with E-state index < -0.39 is 35.7 Å². The Hall–Kier alpha value is -2.42. The Labute approximate surface area is 221 Å². The van der Waals surface area contributed by atoms with Gasteiger partial charge in [0.05, 0.1) is 35.6 Å². The van der Waals surface area contributed by atoms with Crippen LogP contribution in [0, 0.1) is 18.2 Å². The second kappa shape index (κ2) is 9.15. The van der Waals surface area contributed by atoms with Crippen LogP contribution in [0.4, 0.5) is 4.39 Å². The van der Waals surface area contributed by atoms with Gasteiger partial charge in [0.1, 0.15) is 5.82 Å². The molecule has 2 heterocycles. The lowest BCUT2D eigenvalue weighted by atomic mass is 9.88. The van der Waals surface area contributed by atoms with E-state index >= 15 is 4.39 Å². The van der Waals surface area contributed by atoms with Gasteiger partial charge >= 0.3 is 0 Å². The number of hydrogen-bond acceptors (Lipinski definition) is 6. The third-order valence-corrected chi connectivity index (χ3v) is 7.08. The first-order chi connectivity index (χ1) is 18.5. The van der Waals surface area contributed by atoms with E-state index in [4.69, 9.17) is 21.8 Å². The molecular weight excluding hydrogens is 481 g/mol. The lowest BCUT2D eigenvalue weighted by molar-refractivity contribution is -0.148. The third kappa shape index (κ3) is 4.55. The second-order valence-corrected chi connectivity index (χ2v) is 10.6. The molecule has 1 saturated carbocycles. The molecule has 5 rings (SSSR count). The average Bonchev–Trinajstić information content (AvgIpc) is 3.62. The van der Waals surface area contributed by atoms with Crippen molar-refractivity contribution in [2.45, 2.75) is 58.0 Å². The highest BCUT2D eigenvalue weighted by Crippen LogP contribution is 2.52. The van der Waals surface area contributed by atoms with Crippen LogP contribution >= 0.6 is 11.6 Å². The molecule has 0 saturated heterocycles. The molecule has 1 aromatic heterocycles. The molecule has 0 amide bonds. The topological polar surface area (TPSA) is 78.7 Å². The van der Waals surface area contributed by atoms with Crippen LogP contribution in [-0.2, 0) is 29.2 Å². The van der Waals surface area contributed by atoms with Crippen molar-refractivity contribution in [2.24, 2.45) is 5.41 Å². The molecule has 3 aromatic rings. The van der Waals surface area contributed by atoms with Gasteiger partial charge in [-0.25, -0.2) is 4.39 Å². The number of ether oxygens (including phenoxy) is 1. The fraction of sp³-hybridized carbons (Fsp3) is 0.429. The Kier molecular flexibility index (Phi) is 5.24. The summed E-state index contributed by atoms with van der Waals surface area (Å²) in [7, 11) is 0. The smallest absolute Gasteiger partial charge is 0.177 e. The molecule has 190 valence electrons. The number of aromatic nitrogens is 2. The summed E-state index contributed by atoms with van der Waals surface area (Å²) in [6.45, 7) is -0.597. The molecule has 1 atom stereocenters. The fourth-order valence-electron chi connectivity index (χ4n) is 4.58. The monoisotopic (exact) mass is 515 g/mol. The number of nitrogens with zero attached hydrogens (tertiary/aromatic N) is 3. The number of halogens is 2. The van der Waals surface area contributed by atoms with Gasteiger partial charge in [0.2, 0.25) is 0 Å². The van der Waals surface area contributed by atoms with Crippen LogP contribution in [0.15, 0.2) is 48.5 Å². The fourth-order valence-corrected chi connectivity index (χ4v) is 4.71. The minimum Gasteiger partial charge on any atom is -0.396 e. The van der Waals surface area contributed by atoms with Crippen LogP contribution in [-0.4, -0.2) is 38.4 Å². The van der Waals surface area contributed by atoms with E-state index in [-0.39, 0.29) is 31.5 Å². The van der Waals surface area contributed by atoms with E-state index in [0.717, 1.165) is 0 Å². The predicted octanol–water partition coefficient (Wildman–Crippen LogP) is 4.81. The standard InChI is InChI=1S/C28H31ClFN3O3/c1-18-4-9-23(32-31-18)15-33-14-19-12-21(26(2,3)35)13-24(30)25(19)28(33,20-5-7-22(29)8-6-20)36-17-27(16-34)10-11-27/h4-9,12-13,34-35H,10-11,14-17H2,1-3H3/t28-/m1/s1/i16D2,17D2. The molecule has 2 N–H and O–H groups in total. The van der Waals surface area contributed by atoms with Crippen molar-refractivity contribution in [2.75, 3.05) is 13.1 Å². The van der Waals surface area contributed by atoms with Crippen molar-refractivity contribution in [3.8, 4) is 0 Å². The van der Waals surface area contributed by atoms with Crippen molar-refractivity contribution in [3.05, 3.63) is 93.0 Å². The Morgan fingerprint density at radius 3 is 2.47 bits per heavy atom. The van der Waals surface area contributed by atoms with Gasteiger partial charge < -0.3 is 14.9 Å². The lowest BCUT2D eigenvalue weighted by Crippen LogP contribution is -2.46. The number of benzene rings is 2. The van der Waals surface area contributed by atoms with Crippen molar-refractivity contribution in [1.82, 2.24) is 15.1 Å². The normalized spacial score (nSPS) is 23.4. The first kappa shape index (κ1) is 20.6. The van der Waals surface area contributed by atoms with Crippen LogP contribution in [0.25, 0.3) is 0 Å². The van der Waals surface area contributed by atoms with Gasteiger partial charge in [0, 0.05) is 34.7 Å². The molecule has 0 radical (unpaired) electrons. The van der Waals surface area contributed by atoms with E-state index in [1.807, 2.05) is 0 Å². The summed E-state index contributed by atoms with van der Waals surface area (Å²) in [5.74, 6) is -0.727. The van der Waals surface area contributed by atoms with E-state index in [9.17, 15) is 10.2 Å². The average molecular weight is 516 g/mol. The number of fused-ring (bicyclic) bond motifs is 1.